The van der Waals surface area contributed by atoms with Gasteiger partial charge in [0.15, 0.2) is 5.96 Å². The van der Waals surface area contributed by atoms with E-state index in [4.69, 9.17) is 4.74 Å². The molecule has 1 aliphatic rings. The second-order valence-electron chi connectivity index (χ2n) is 8.83. The van der Waals surface area contributed by atoms with Crippen LogP contribution in [-0.4, -0.2) is 54.5 Å². The first kappa shape index (κ1) is 22.3. The number of rotatable bonds is 6. The number of aromatic nitrogens is 2. The monoisotopic (exact) mass is 411 g/mol. The highest BCUT2D eigenvalue weighted by atomic mass is 16.5. The summed E-state index contributed by atoms with van der Waals surface area (Å²) in [5.74, 6) is 1.31. The molecule has 1 aromatic heterocycles. The molecule has 0 bridgehead atoms. The summed E-state index contributed by atoms with van der Waals surface area (Å²) in [5, 5.41) is 8.32. The molecule has 2 aromatic rings. The first-order chi connectivity index (χ1) is 14.4. The quantitative estimate of drug-likeness (QED) is 0.583. The summed E-state index contributed by atoms with van der Waals surface area (Å²) in [6.07, 6.45) is 4.16. The van der Waals surface area contributed by atoms with E-state index >= 15 is 0 Å². The van der Waals surface area contributed by atoms with Gasteiger partial charge in [-0.1, -0.05) is 38.1 Å². The van der Waals surface area contributed by atoms with Gasteiger partial charge < -0.3 is 15.0 Å². The van der Waals surface area contributed by atoms with E-state index < -0.39 is 0 Å². The largest absolute Gasteiger partial charge is 0.381 e. The van der Waals surface area contributed by atoms with Crippen LogP contribution in [0.2, 0.25) is 0 Å². The van der Waals surface area contributed by atoms with E-state index in [9.17, 15) is 0 Å². The molecule has 1 saturated heterocycles. The molecule has 3 rings (SSSR count). The Kier molecular flexibility index (Phi) is 7.19. The molecule has 0 atom stereocenters. The van der Waals surface area contributed by atoms with Crippen LogP contribution in [0, 0.1) is 6.92 Å². The number of aryl methyl sites for hydroxylation is 2. The fourth-order valence-electron chi connectivity index (χ4n) is 4.60. The second kappa shape index (κ2) is 9.65. The highest BCUT2D eigenvalue weighted by Gasteiger charge is 2.35. The van der Waals surface area contributed by atoms with Gasteiger partial charge in [-0.05, 0) is 36.8 Å². The number of nitrogens with zero attached hydrogens (tertiary/aromatic N) is 4. The van der Waals surface area contributed by atoms with Gasteiger partial charge in [0, 0.05) is 64.6 Å². The minimum Gasteiger partial charge on any atom is -0.381 e. The fraction of sp³-hybridized carbons (Fsp3) is 0.583. The normalized spacial score (nSPS) is 16.7. The van der Waals surface area contributed by atoms with E-state index in [1.54, 1.807) is 0 Å². The predicted octanol–water partition coefficient (Wildman–Crippen LogP) is 3.61. The van der Waals surface area contributed by atoms with Gasteiger partial charge in [0.2, 0.25) is 0 Å². The van der Waals surface area contributed by atoms with Crippen molar-refractivity contribution >= 4 is 5.96 Å². The Hall–Kier alpha value is -2.34. The van der Waals surface area contributed by atoms with Crippen molar-refractivity contribution in [3.05, 3.63) is 52.8 Å². The van der Waals surface area contributed by atoms with Crippen LogP contribution < -0.4 is 5.32 Å². The lowest BCUT2D eigenvalue weighted by atomic mass is 9.72. The molecule has 1 fully saturated rings. The molecule has 6 nitrogen and oxygen atoms in total. The van der Waals surface area contributed by atoms with Crippen LogP contribution in [-0.2, 0) is 23.7 Å². The lowest BCUT2D eigenvalue weighted by Gasteiger charge is -2.39. The van der Waals surface area contributed by atoms with E-state index in [0.29, 0.717) is 5.92 Å². The van der Waals surface area contributed by atoms with Gasteiger partial charge in [0.1, 0.15) is 0 Å². The standard InChI is InChI=1S/C24H37N5O/c1-18(2)22-20(16-29(6)27-22)15-28(5)23(25-4)26-17-24(11-13-30-14-12-24)21-10-8-7-9-19(21)3/h7-10,16,18H,11-15,17H2,1-6H3,(H,25,26). The molecule has 0 aliphatic carbocycles. The average Bonchev–Trinajstić information content (AvgIpc) is 3.10. The van der Waals surface area contributed by atoms with Crippen molar-refractivity contribution in [1.29, 1.82) is 0 Å². The first-order valence-electron chi connectivity index (χ1n) is 10.9. The molecule has 6 heteroatoms. The number of nitrogens with one attached hydrogen (secondary N) is 1. The maximum absolute atomic E-state index is 5.71. The molecule has 0 spiro atoms. The first-order valence-corrected chi connectivity index (χ1v) is 10.9. The van der Waals surface area contributed by atoms with Gasteiger partial charge in [-0.3, -0.25) is 9.67 Å². The highest BCUT2D eigenvalue weighted by Crippen LogP contribution is 2.36. The van der Waals surface area contributed by atoms with Gasteiger partial charge in [-0.25, -0.2) is 0 Å². The lowest BCUT2D eigenvalue weighted by Crippen LogP contribution is -2.48. The summed E-state index contributed by atoms with van der Waals surface area (Å²) in [6, 6.07) is 8.76. The van der Waals surface area contributed by atoms with Crippen LogP contribution in [0.4, 0.5) is 0 Å². The van der Waals surface area contributed by atoms with Crippen molar-refractivity contribution in [3.8, 4) is 0 Å². The molecule has 0 unspecified atom stereocenters. The summed E-state index contributed by atoms with van der Waals surface area (Å²) in [7, 11) is 5.94. The van der Waals surface area contributed by atoms with Crippen molar-refractivity contribution in [1.82, 2.24) is 20.0 Å². The van der Waals surface area contributed by atoms with E-state index in [1.165, 1.54) is 16.7 Å². The highest BCUT2D eigenvalue weighted by molar-refractivity contribution is 5.79. The number of guanidine groups is 1. The van der Waals surface area contributed by atoms with Gasteiger partial charge in [-0.15, -0.1) is 0 Å². The van der Waals surface area contributed by atoms with Crippen LogP contribution in [0.25, 0.3) is 0 Å². The molecule has 164 valence electrons. The zero-order valence-electron chi connectivity index (χ0n) is 19.4. The number of ether oxygens (including phenoxy) is 1. The Balaban J connectivity index is 1.75. The van der Waals surface area contributed by atoms with Crippen molar-refractivity contribution in [2.24, 2.45) is 12.0 Å². The molecular weight excluding hydrogens is 374 g/mol. The molecule has 2 heterocycles. The number of aliphatic imine (C=N–C) groups is 1. The molecule has 30 heavy (non-hydrogen) atoms. The Bertz CT molecular complexity index is 864. The maximum atomic E-state index is 5.71. The van der Waals surface area contributed by atoms with Gasteiger partial charge in [0.05, 0.1) is 5.69 Å². The van der Waals surface area contributed by atoms with E-state index in [2.05, 4.69) is 78.6 Å². The molecule has 0 saturated carbocycles. The zero-order chi connectivity index (χ0) is 21.7. The van der Waals surface area contributed by atoms with Gasteiger partial charge in [0.25, 0.3) is 0 Å². The third-order valence-electron chi connectivity index (χ3n) is 6.22. The molecule has 0 amide bonds. The van der Waals surface area contributed by atoms with E-state index in [0.717, 1.165) is 50.8 Å². The van der Waals surface area contributed by atoms with Crippen LogP contribution in [0.1, 0.15) is 55.0 Å². The van der Waals surface area contributed by atoms with Crippen molar-refractivity contribution in [2.45, 2.75) is 51.5 Å². The number of hydrogen-bond acceptors (Lipinski definition) is 3. The summed E-state index contributed by atoms with van der Waals surface area (Å²) in [6.45, 7) is 9.83. The van der Waals surface area contributed by atoms with Crippen molar-refractivity contribution in [3.63, 3.8) is 0 Å². The molecule has 1 aliphatic heterocycles. The summed E-state index contributed by atoms with van der Waals surface area (Å²) < 4.78 is 7.61. The number of benzene rings is 1. The topological polar surface area (TPSA) is 54.7 Å². The molecular formula is C24H37N5O. The lowest BCUT2D eigenvalue weighted by molar-refractivity contribution is 0.0510. The van der Waals surface area contributed by atoms with Crippen LogP contribution in [0.3, 0.4) is 0 Å². The fourth-order valence-corrected chi connectivity index (χ4v) is 4.60. The molecule has 0 radical (unpaired) electrons. The van der Waals surface area contributed by atoms with Crippen molar-refractivity contribution in [2.75, 3.05) is 33.9 Å². The Labute approximate surface area is 181 Å². The Morgan fingerprint density at radius 3 is 2.63 bits per heavy atom. The summed E-state index contributed by atoms with van der Waals surface area (Å²) in [5.41, 5.74) is 5.24. The van der Waals surface area contributed by atoms with Crippen LogP contribution >= 0.6 is 0 Å². The summed E-state index contributed by atoms with van der Waals surface area (Å²) >= 11 is 0. The Morgan fingerprint density at radius 1 is 1.30 bits per heavy atom. The second-order valence-corrected chi connectivity index (χ2v) is 8.83. The van der Waals surface area contributed by atoms with Crippen molar-refractivity contribution < 1.29 is 4.74 Å². The maximum Gasteiger partial charge on any atom is 0.193 e. The number of hydrogen-bond donors (Lipinski definition) is 1. The van der Waals surface area contributed by atoms with E-state index in [-0.39, 0.29) is 5.41 Å². The minimum atomic E-state index is 0.0672. The zero-order valence-corrected chi connectivity index (χ0v) is 19.4. The molecule has 1 aromatic carbocycles. The third-order valence-corrected chi connectivity index (χ3v) is 6.22. The average molecular weight is 412 g/mol. The van der Waals surface area contributed by atoms with E-state index in [1.807, 2.05) is 18.8 Å². The third kappa shape index (κ3) is 4.86. The predicted molar refractivity (Wildman–Crippen MR) is 123 cm³/mol. The Morgan fingerprint density at radius 2 is 2.00 bits per heavy atom. The minimum absolute atomic E-state index is 0.0672. The van der Waals surface area contributed by atoms with Gasteiger partial charge >= 0.3 is 0 Å². The summed E-state index contributed by atoms with van der Waals surface area (Å²) in [4.78, 5) is 6.76. The van der Waals surface area contributed by atoms with Gasteiger partial charge in [-0.2, -0.15) is 5.10 Å². The van der Waals surface area contributed by atoms with Crippen LogP contribution in [0.5, 0.6) is 0 Å². The smallest absolute Gasteiger partial charge is 0.193 e. The van der Waals surface area contributed by atoms with Crippen LogP contribution in [0.15, 0.2) is 35.5 Å². The SMILES string of the molecule is CN=C(NCC1(c2ccccc2C)CCOCC1)N(C)Cc1cn(C)nc1C(C)C. The molecule has 1 N–H and O–H groups in total.